The van der Waals surface area contributed by atoms with E-state index >= 15 is 8.78 Å². The Morgan fingerprint density at radius 1 is 1.06 bits per heavy atom. The number of ether oxygens (including phenoxy) is 2. The summed E-state index contributed by atoms with van der Waals surface area (Å²) in [5.74, 6) is -7.31. The van der Waals surface area contributed by atoms with Crippen molar-refractivity contribution < 1.29 is 55.0 Å². The molecule has 290 valence electrons. The Balaban J connectivity index is 1.28. The summed E-state index contributed by atoms with van der Waals surface area (Å²) in [5.41, 5.74) is -1.85. The standard InChI is InChI=1S/C35H44F3N5O9S/c1-33(2,3)52-31(47)39-26-12-14-34(37,38)13-5-4-8-21-16-35(21,30(46)41-53(49,50)23-10-11-23)40-28(44)27-15-22(18-43(27)29(26)45)51-32(48)42-17-20-7-6-9-25(36)24(20)19-42/h4,6-9,21-23,26-27H,5,10-19H2,1-3H3,(H,39,47)(H,40,44)(H,41,46)/b8-4-/t21-,22+,26-,27-,35+/m0/s1. The second-order valence-electron chi connectivity index (χ2n) is 15.5. The van der Waals surface area contributed by atoms with Crippen LogP contribution in [0.1, 0.15) is 83.3 Å². The molecule has 0 bridgehead atoms. The Kier molecular flexibility index (Phi) is 10.2. The van der Waals surface area contributed by atoms with Crippen molar-refractivity contribution >= 4 is 39.9 Å². The topological polar surface area (TPSA) is 181 Å². The van der Waals surface area contributed by atoms with Crippen LogP contribution in [-0.4, -0.2) is 95.2 Å². The largest absolute Gasteiger partial charge is 0.444 e. The van der Waals surface area contributed by atoms with Gasteiger partial charge in [0.15, 0.2) is 0 Å². The molecule has 2 saturated carbocycles. The first kappa shape index (κ1) is 38.4. The number of hydrogen-bond donors (Lipinski definition) is 3. The number of nitrogens with zero attached hydrogens (tertiary/aromatic N) is 2. The minimum atomic E-state index is -4.03. The Morgan fingerprint density at radius 2 is 1.79 bits per heavy atom. The van der Waals surface area contributed by atoms with Crippen LogP contribution in [0.4, 0.5) is 22.8 Å². The highest BCUT2D eigenvalue weighted by Crippen LogP contribution is 2.46. The number of rotatable bonds is 5. The number of hydrogen-bond acceptors (Lipinski definition) is 9. The molecule has 1 saturated heterocycles. The molecule has 18 heteroatoms. The molecule has 0 spiro atoms. The minimum absolute atomic E-state index is 0.0361. The third-order valence-corrected chi connectivity index (χ3v) is 11.9. The summed E-state index contributed by atoms with van der Waals surface area (Å²) in [6.07, 6.45) is -1.76. The molecule has 3 aliphatic heterocycles. The monoisotopic (exact) mass is 767 g/mol. The van der Waals surface area contributed by atoms with Gasteiger partial charge >= 0.3 is 12.2 Å². The maximum atomic E-state index is 15.2. The lowest BCUT2D eigenvalue weighted by molar-refractivity contribution is -0.141. The van der Waals surface area contributed by atoms with Gasteiger partial charge in [0.2, 0.25) is 27.8 Å². The molecule has 5 amide bonds. The Morgan fingerprint density at radius 3 is 2.47 bits per heavy atom. The van der Waals surface area contributed by atoms with Crippen LogP contribution in [0.5, 0.6) is 0 Å². The smallest absolute Gasteiger partial charge is 0.410 e. The normalized spacial score (nSPS) is 29.3. The van der Waals surface area contributed by atoms with Crippen LogP contribution in [0.2, 0.25) is 0 Å². The summed E-state index contributed by atoms with van der Waals surface area (Å²) in [6, 6.07) is 1.43. The van der Waals surface area contributed by atoms with Gasteiger partial charge in [0.25, 0.3) is 5.91 Å². The van der Waals surface area contributed by atoms with Gasteiger partial charge in [-0.2, -0.15) is 0 Å². The zero-order chi connectivity index (χ0) is 38.5. The van der Waals surface area contributed by atoms with Crippen molar-refractivity contribution in [3.63, 3.8) is 0 Å². The van der Waals surface area contributed by atoms with Crippen molar-refractivity contribution in [2.75, 3.05) is 6.54 Å². The molecule has 3 fully saturated rings. The third-order valence-electron chi connectivity index (χ3n) is 10.1. The van der Waals surface area contributed by atoms with Crippen LogP contribution >= 0.6 is 0 Å². The molecule has 1 aromatic carbocycles. The van der Waals surface area contributed by atoms with E-state index < -0.39 is 111 Å². The van der Waals surface area contributed by atoms with Crippen LogP contribution < -0.4 is 15.4 Å². The first-order valence-corrected chi connectivity index (χ1v) is 19.3. The van der Waals surface area contributed by atoms with E-state index in [2.05, 4.69) is 15.4 Å². The quantitative estimate of drug-likeness (QED) is 0.379. The Labute approximate surface area is 305 Å². The number of alkyl carbamates (subject to hydrolysis) is 1. The molecular formula is C35H44F3N5O9S. The number of benzene rings is 1. The Bertz CT molecular complexity index is 1820. The fourth-order valence-electron chi connectivity index (χ4n) is 7.01. The second-order valence-corrected chi connectivity index (χ2v) is 17.4. The van der Waals surface area contributed by atoms with Gasteiger partial charge in [-0.25, -0.2) is 31.2 Å². The van der Waals surface area contributed by atoms with Crippen molar-refractivity contribution in [2.24, 2.45) is 5.92 Å². The molecule has 3 heterocycles. The van der Waals surface area contributed by atoms with Gasteiger partial charge in [-0.05, 0) is 64.5 Å². The number of halogens is 3. The average Bonchev–Trinajstić information content (AvgIpc) is 3.94. The average molecular weight is 768 g/mol. The number of carbonyl (C=O) groups excluding carboxylic acids is 5. The fourth-order valence-corrected chi connectivity index (χ4v) is 8.38. The highest BCUT2D eigenvalue weighted by Gasteiger charge is 2.62. The van der Waals surface area contributed by atoms with Gasteiger partial charge in [-0.1, -0.05) is 24.3 Å². The van der Waals surface area contributed by atoms with Crippen LogP contribution in [0.15, 0.2) is 30.4 Å². The first-order valence-electron chi connectivity index (χ1n) is 17.7. The van der Waals surface area contributed by atoms with Gasteiger partial charge in [-0.15, -0.1) is 0 Å². The first-order chi connectivity index (χ1) is 24.8. The summed E-state index contributed by atoms with van der Waals surface area (Å²) in [7, 11) is -4.03. The van der Waals surface area contributed by atoms with Crippen molar-refractivity contribution in [3.8, 4) is 0 Å². The number of fused-ring (bicyclic) bond motifs is 3. The van der Waals surface area contributed by atoms with Crippen LogP contribution in [-0.2, 0) is 47.0 Å². The van der Waals surface area contributed by atoms with Gasteiger partial charge in [0, 0.05) is 37.3 Å². The van der Waals surface area contributed by atoms with Crippen molar-refractivity contribution in [1.82, 2.24) is 25.2 Å². The fraction of sp³-hybridized carbons (Fsp3) is 0.629. The van der Waals surface area contributed by atoms with E-state index in [1.54, 1.807) is 26.8 Å². The predicted molar refractivity (Wildman–Crippen MR) is 181 cm³/mol. The number of nitrogens with one attached hydrogen (secondary N) is 3. The van der Waals surface area contributed by atoms with Gasteiger partial charge in [-0.3, -0.25) is 24.0 Å². The molecule has 0 radical (unpaired) electrons. The lowest BCUT2D eigenvalue weighted by atomic mass is 10.0. The summed E-state index contributed by atoms with van der Waals surface area (Å²) in [4.78, 5) is 70.4. The molecule has 2 aliphatic carbocycles. The number of sulfonamides is 1. The number of allylic oxidation sites excluding steroid dienone is 1. The molecule has 0 aromatic heterocycles. The van der Waals surface area contributed by atoms with E-state index in [9.17, 15) is 36.8 Å². The molecular weight excluding hydrogens is 723 g/mol. The number of amides is 5. The second kappa shape index (κ2) is 14.1. The lowest BCUT2D eigenvalue weighted by Crippen LogP contribution is -2.58. The molecule has 5 aliphatic rings. The molecule has 6 rings (SSSR count). The van der Waals surface area contributed by atoms with Gasteiger partial charge < -0.3 is 25.0 Å². The van der Waals surface area contributed by atoms with E-state index in [0.29, 0.717) is 24.0 Å². The predicted octanol–water partition coefficient (Wildman–Crippen LogP) is 3.39. The molecule has 5 atom stereocenters. The molecule has 0 unspecified atom stereocenters. The zero-order valence-corrected chi connectivity index (χ0v) is 30.5. The van der Waals surface area contributed by atoms with Crippen molar-refractivity contribution in [2.45, 2.75) is 126 Å². The maximum absolute atomic E-state index is 15.2. The van der Waals surface area contributed by atoms with E-state index in [-0.39, 0.29) is 38.9 Å². The Hall–Kier alpha value is -4.35. The van der Waals surface area contributed by atoms with Gasteiger partial charge in [0.05, 0.1) is 18.3 Å². The summed E-state index contributed by atoms with van der Waals surface area (Å²) in [6.45, 7) is 4.31. The SMILES string of the molecule is CC(C)(C)OC(=O)N[C@H]1CCC(F)(F)CC/C=C\[C@H]2C[C@@]2(C(=O)NS(=O)(=O)C2CC2)NC(=O)[C@@H]2C[C@@H](OC(=O)N3Cc4cccc(F)c4C3)CN2C1=O. The molecule has 14 nitrogen and oxygen atoms in total. The third kappa shape index (κ3) is 8.73. The highest BCUT2D eigenvalue weighted by atomic mass is 32.2. The number of alkyl halides is 2. The van der Waals surface area contributed by atoms with Crippen LogP contribution in [0, 0.1) is 11.7 Å². The van der Waals surface area contributed by atoms with E-state index in [1.165, 1.54) is 29.2 Å². The summed E-state index contributed by atoms with van der Waals surface area (Å²) in [5, 5.41) is 4.27. The van der Waals surface area contributed by atoms with Crippen molar-refractivity contribution in [3.05, 3.63) is 47.3 Å². The van der Waals surface area contributed by atoms with E-state index in [1.807, 2.05) is 0 Å². The lowest BCUT2D eigenvalue weighted by Gasteiger charge is -2.31. The summed E-state index contributed by atoms with van der Waals surface area (Å²) < 4.78 is 83.2. The zero-order valence-electron chi connectivity index (χ0n) is 29.7. The van der Waals surface area contributed by atoms with Crippen molar-refractivity contribution in [1.29, 1.82) is 0 Å². The molecule has 1 aromatic rings. The van der Waals surface area contributed by atoms with Crippen LogP contribution in [0.25, 0.3) is 0 Å². The number of carbonyl (C=O) groups is 5. The molecule has 53 heavy (non-hydrogen) atoms. The van der Waals surface area contributed by atoms with Gasteiger partial charge in [0.1, 0.15) is 35.1 Å². The minimum Gasteiger partial charge on any atom is -0.444 e. The summed E-state index contributed by atoms with van der Waals surface area (Å²) >= 11 is 0. The van der Waals surface area contributed by atoms with Crippen LogP contribution in [0.3, 0.4) is 0 Å². The highest BCUT2D eigenvalue weighted by molar-refractivity contribution is 7.91. The molecule has 3 N–H and O–H groups in total. The maximum Gasteiger partial charge on any atom is 0.410 e. The van der Waals surface area contributed by atoms with E-state index in [4.69, 9.17) is 9.47 Å². The van der Waals surface area contributed by atoms with E-state index in [0.717, 1.165) is 4.90 Å².